The first kappa shape index (κ1) is 27.7. The number of nitrogens with zero attached hydrogens (tertiary/aromatic N) is 2. The second kappa shape index (κ2) is 11.7. The van der Waals surface area contributed by atoms with Gasteiger partial charge in [0.15, 0.2) is 0 Å². The lowest BCUT2D eigenvalue weighted by atomic mass is 9.46. The smallest absolute Gasteiger partial charge is 0.129 e. The summed E-state index contributed by atoms with van der Waals surface area (Å²) in [6.07, 6.45) is 17.7. The third-order valence-electron chi connectivity index (χ3n) is 12.0. The van der Waals surface area contributed by atoms with E-state index < -0.39 is 0 Å². The molecule has 0 aromatic heterocycles. The molecule has 0 amide bonds. The van der Waals surface area contributed by atoms with E-state index in [1.165, 1.54) is 69.9 Å². The summed E-state index contributed by atoms with van der Waals surface area (Å²) < 4.78 is 5.45. The first-order valence-corrected chi connectivity index (χ1v) is 16.0. The van der Waals surface area contributed by atoms with Gasteiger partial charge < -0.3 is 9.57 Å². The highest BCUT2D eigenvalue weighted by molar-refractivity contribution is 5.96. The molecular weight excluding hydrogens is 456 g/mol. The van der Waals surface area contributed by atoms with Gasteiger partial charge >= 0.3 is 0 Å². The minimum atomic E-state index is 0.387. The minimum Gasteiger partial charge on any atom is -0.394 e. The van der Waals surface area contributed by atoms with Crippen molar-refractivity contribution in [2.75, 3.05) is 39.5 Å². The zero-order chi connectivity index (χ0) is 26.0. The molecule has 0 N–H and O–H groups in total. The van der Waals surface area contributed by atoms with Gasteiger partial charge in [-0.3, -0.25) is 4.90 Å². The Balaban J connectivity index is 1.19. The van der Waals surface area contributed by atoms with Gasteiger partial charge in [0.25, 0.3) is 0 Å². The van der Waals surface area contributed by atoms with Crippen LogP contribution in [0.15, 0.2) is 16.8 Å². The van der Waals surface area contributed by atoms with Crippen LogP contribution in [0, 0.1) is 46.3 Å². The van der Waals surface area contributed by atoms with Crippen LogP contribution in [0.1, 0.15) is 105 Å². The van der Waals surface area contributed by atoms with Gasteiger partial charge in [-0.1, -0.05) is 64.6 Å². The molecule has 5 aliphatic rings. The Hall–Kier alpha value is -0.870. The molecule has 0 spiro atoms. The maximum Gasteiger partial charge on any atom is 0.129 e. The molecule has 0 bridgehead atoms. The van der Waals surface area contributed by atoms with Gasteiger partial charge in [0.2, 0.25) is 0 Å². The number of hydrogen-bond acceptors (Lipinski definition) is 4. The number of oxime groups is 1. The Morgan fingerprint density at radius 3 is 2.59 bits per heavy atom. The summed E-state index contributed by atoms with van der Waals surface area (Å²) in [6, 6.07) is 0. The lowest BCUT2D eigenvalue weighted by molar-refractivity contribution is -0.0574. The molecule has 4 fully saturated rings. The molecule has 1 saturated heterocycles. The van der Waals surface area contributed by atoms with Crippen LogP contribution in [0.5, 0.6) is 0 Å². The lowest BCUT2D eigenvalue weighted by Crippen LogP contribution is -2.51. The number of fused-ring (bicyclic) bond motifs is 5. The zero-order valence-corrected chi connectivity index (χ0v) is 24.8. The van der Waals surface area contributed by atoms with Crippen molar-refractivity contribution in [1.82, 2.24) is 4.90 Å². The molecule has 4 nitrogen and oxygen atoms in total. The van der Waals surface area contributed by atoms with E-state index in [4.69, 9.17) is 9.57 Å². The highest BCUT2D eigenvalue weighted by atomic mass is 16.6. The van der Waals surface area contributed by atoms with E-state index in [1.807, 2.05) is 0 Å². The molecule has 7 atom stereocenters. The van der Waals surface area contributed by atoms with Crippen molar-refractivity contribution < 1.29 is 9.57 Å². The standard InChI is InChI=1S/C33H56N2O2/c1-24(2)7-6-8-25(3)29-11-12-30-28-10-9-26-23-27(34-37-22-19-35-17-20-36-21-18-35)13-15-32(26,4)31(28)14-16-33(29,30)5/h23-25,28-31H,6-22H2,1-5H3/b34-27+/t25-,28?,29?,30?,31?,32+,33-/m1/s1. The average molecular weight is 513 g/mol. The molecule has 1 heterocycles. The van der Waals surface area contributed by atoms with Crippen LogP contribution in [0.3, 0.4) is 0 Å². The zero-order valence-electron chi connectivity index (χ0n) is 24.8. The van der Waals surface area contributed by atoms with Crippen molar-refractivity contribution in [2.45, 2.75) is 105 Å². The SMILES string of the molecule is CC(C)CCC[C@@H](C)C1CCC2C3CCC4=C/C(=N/OCCN5CCOCC5)CC[C@]4(C)C3CC[C@@]21C. The largest absolute Gasteiger partial charge is 0.394 e. The number of rotatable bonds is 9. The molecule has 0 radical (unpaired) electrons. The lowest BCUT2D eigenvalue weighted by Gasteiger charge is -2.58. The summed E-state index contributed by atoms with van der Waals surface area (Å²) in [5, 5.41) is 4.60. The fraction of sp³-hybridized carbons (Fsp3) is 0.909. The van der Waals surface area contributed by atoms with Gasteiger partial charge in [-0.05, 0) is 104 Å². The van der Waals surface area contributed by atoms with Gasteiger partial charge in [-0.25, -0.2) is 0 Å². The molecule has 3 saturated carbocycles. The number of ether oxygens (including phenoxy) is 1. The van der Waals surface area contributed by atoms with Gasteiger partial charge in [-0.2, -0.15) is 0 Å². The van der Waals surface area contributed by atoms with Crippen LogP contribution < -0.4 is 0 Å². The third kappa shape index (κ3) is 5.72. The van der Waals surface area contributed by atoms with Crippen molar-refractivity contribution in [1.29, 1.82) is 0 Å². The van der Waals surface area contributed by atoms with E-state index >= 15 is 0 Å². The first-order chi connectivity index (χ1) is 17.8. The molecule has 4 heteroatoms. The van der Waals surface area contributed by atoms with Gasteiger partial charge in [0, 0.05) is 19.6 Å². The van der Waals surface area contributed by atoms with Gasteiger partial charge in [-0.15, -0.1) is 0 Å². The van der Waals surface area contributed by atoms with E-state index in [1.54, 1.807) is 5.57 Å². The number of hydrogen-bond donors (Lipinski definition) is 0. The van der Waals surface area contributed by atoms with Crippen molar-refractivity contribution >= 4 is 5.71 Å². The summed E-state index contributed by atoms with van der Waals surface area (Å²) in [5.74, 6) is 5.48. The van der Waals surface area contributed by atoms with E-state index in [9.17, 15) is 0 Å². The maximum absolute atomic E-state index is 5.80. The summed E-state index contributed by atoms with van der Waals surface area (Å²) in [5.41, 5.74) is 3.85. The van der Waals surface area contributed by atoms with Gasteiger partial charge in [0.05, 0.1) is 18.9 Å². The van der Waals surface area contributed by atoms with E-state index in [0.29, 0.717) is 17.4 Å². The predicted octanol–water partition coefficient (Wildman–Crippen LogP) is 7.73. The Bertz CT molecular complexity index is 830. The molecule has 4 unspecified atom stereocenters. The van der Waals surface area contributed by atoms with Crippen LogP contribution in [0.2, 0.25) is 0 Å². The highest BCUT2D eigenvalue weighted by Gasteiger charge is 2.59. The molecule has 0 aromatic rings. The van der Waals surface area contributed by atoms with Crippen LogP contribution in [-0.2, 0) is 9.57 Å². The molecule has 0 aromatic carbocycles. The van der Waals surface area contributed by atoms with E-state index in [2.05, 4.69) is 50.8 Å². The maximum atomic E-state index is 5.80. The minimum absolute atomic E-state index is 0.387. The van der Waals surface area contributed by atoms with Crippen LogP contribution in [-0.4, -0.2) is 50.1 Å². The second-order valence-electron chi connectivity index (χ2n) is 14.4. The molecular formula is C33H56N2O2. The van der Waals surface area contributed by atoms with Crippen molar-refractivity contribution in [2.24, 2.45) is 51.5 Å². The molecule has 4 aliphatic carbocycles. The summed E-state index contributed by atoms with van der Waals surface area (Å²) in [7, 11) is 0. The van der Waals surface area contributed by atoms with Gasteiger partial charge in [0.1, 0.15) is 6.61 Å². The molecule has 37 heavy (non-hydrogen) atoms. The fourth-order valence-corrected chi connectivity index (χ4v) is 9.79. The molecule has 5 rings (SSSR count). The average Bonchev–Trinajstić information content (AvgIpc) is 3.24. The predicted molar refractivity (Wildman–Crippen MR) is 154 cm³/mol. The van der Waals surface area contributed by atoms with Crippen LogP contribution in [0.25, 0.3) is 0 Å². The topological polar surface area (TPSA) is 34.1 Å². The van der Waals surface area contributed by atoms with E-state index in [0.717, 1.165) is 74.8 Å². The Morgan fingerprint density at radius 2 is 1.81 bits per heavy atom. The normalized spacial score (nSPS) is 40.2. The van der Waals surface area contributed by atoms with Crippen LogP contribution in [0.4, 0.5) is 0 Å². The van der Waals surface area contributed by atoms with Crippen molar-refractivity contribution in [3.8, 4) is 0 Å². The Labute approximate surface area is 228 Å². The summed E-state index contributed by atoms with van der Waals surface area (Å²) in [4.78, 5) is 8.22. The Morgan fingerprint density at radius 1 is 1.00 bits per heavy atom. The number of allylic oxidation sites excluding steroid dienone is 2. The monoisotopic (exact) mass is 512 g/mol. The second-order valence-corrected chi connectivity index (χ2v) is 14.4. The Kier molecular flexibility index (Phi) is 8.76. The van der Waals surface area contributed by atoms with E-state index in [-0.39, 0.29) is 0 Å². The quantitative estimate of drug-likeness (QED) is 0.234. The molecule has 1 aliphatic heterocycles. The fourth-order valence-electron chi connectivity index (χ4n) is 9.79. The highest BCUT2D eigenvalue weighted by Crippen LogP contribution is 2.67. The summed E-state index contributed by atoms with van der Waals surface area (Å²) >= 11 is 0. The number of morpholine rings is 1. The summed E-state index contributed by atoms with van der Waals surface area (Å²) in [6.45, 7) is 18.1. The first-order valence-electron chi connectivity index (χ1n) is 16.0. The third-order valence-corrected chi connectivity index (χ3v) is 12.0. The van der Waals surface area contributed by atoms with Crippen molar-refractivity contribution in [3.05, 3.63) is 11.6 Å². The van der Waals surface area contributed by atoms with Crippen LogP contribution >= 0.6 is 0 Å². The molecule has 210 valence electrons. The van der Waals surface area contributed by atoms with Crippen molar-refractivity contribution in [3.63, 3.8) is 0 Å².